The van der Waals surface area contributed by atoms with E-state index in [4.69, 9.17) is 5.26 Å². The van der Waals surface area contributed by atoms with Crippen molar-refractivity contribution in [2.45, 2.75) is 13.3 Å². The minimum absolute atomic E-state index is 0.0109. The molecule has 0 saturated carbocycles. The van der Waals surface area contributed by atoms with Crippen molar-refractivity contribution >= 4 is 11.5 Å². The number of aromatic hydroxyl groups is 2. The van der Waals surface area contributed by atoms with Crippen molar-refractivity contribution in [2.24, 2.45) is 5.18 Å². The van der Waals surface area contributed by atoms with E-state index < -0.39 is 11.5 Å². The van der Waals surface area contributed by atoms with Crippen LogP contribution in [-0.4, -0.2) is 16.0 Å². The van der Waals surface area contributed by atoms with E-state index in [1.807, 2.05) is 0 Å². The van der Waals surface area contributed by atoms with Crippen LogP contribution in [0.25, 0.3) is 0 Å². The van der Waals surface area contributed by atoms with Crippen LogP contribution in [0.3, 0.4) is 0 Å². The number of hydrogen-bond donors (Lipinski definition) is 2. The molecular weight excluding hydrogens is 236 g/mol. The third-order valence-electron chi connectivity index (χ3n) is 2.27. The van der Waals surface area contributed by atoms with E-state index in [0.29, 0.717) is 5.56 Å². The first-order valence-corrected chi connectivity index (χ1v) is 4.99. The van der Waals surface area contributed by atoms with Gasteiger partial charge in [0.1, 0.15) is 6.07 Å². The zero-order valence-corrected chi connectivity index (χ0v) is 9.54. The molecule has 2 N–H and O–H groups in total. The molecule has 1 aromatic carbocycles. The molecule has 0 bridgehead atoms. The molecule has 6 heteroatoms. The van der Waals surface area contributed by atoms with E-state index in [1.54, 1.807) is 6.07 Å². The molecular formula is C12H10N2O4. The van der Waals surface area contributed by atoms with E-state index in [-0.39, 0.29) is 23.5 Å². The Kier molecular flexibility index (Phi) is 4.16. The topological polar surface area (TPSA) is 111 Å². The van der Waals surface area contributed by atoms with Crippen LogP contribution in [0.15, 0.2) is 29.0 Å². The van der Waals surface area contributed by atoms with Crippen molar-refractivity contribution in [3.63, 3.8) is 0 Å². The van der Waals surface area contributed by atoms with Crippen LogP contribution in [0.4, 0.5) is 5.69 Å². The molecule has 92 valence electrons. The maximum absolute atomic E-state index is 11.0. The summed E-state index contributed by atoms with van der Waals surface area (Å²) >= 11 is 0. The molecule has 0 atom stereocenters. The van der Waals surface area contributed by atoms with E-state index >= 15 is 0 Å². The fourth-order valence-electron chi connectivity index (χ4n) is 1.34. The Morgan fingerprint density at radius 1 is 1.50 bits per heavy atom. The highest BCUT2D eigenvalue weighted by Gasteiger charge is 2.10. The SMILES string of the molecule is CC(=O)/C(C#N)=C/Cc1cc(O)c(O)c(N=O)c1. The van der Waals surface area contributed by atoms with Crippen molar-refractivity contribution in [3.05, 3.63) is 34.3 Å². The number of phenols is 2. The van der Waals surface area contributed by atoms with Crippen molar-refractivity contribution in [1.29, 1.82) is 5.26 Å². The Morgan fingerprint density at radius 3 is 2.67 bits per heavy atom. The van der Waals surface area contributed by atoms with Gasteiger partial charge in [-0.1, -0.05) is 6.08 Å². The average Bonchev–Trinajstić information content (AvgIpc) is 2.33. The number of nitroso groups, excluding NO2 is 1. The zero-order chi connectivity index (χ0) is 13.7. The van der Waals surface area contributed by atoms with Gasteiger partial charge in [0.2, 0.25) is 0 Å². The predicted molar refractivity (Wildman–Crippen MR) is 63.3 cm³/mol. The van der Waals surface area contributed by atoms with Gasteiger partial charge in [0.25, 0.3) is 0 Å². The summed E-state index contributed by atoms with van der Waals surface area (Å²) < 4.78 is 0. The van der Waals surface area contributed by atoms with Gasteiger partial charge in [-0.15, -0.1) is 4.91 Å². The van der Waals surface area contributed by atoms with E-state index in [1.165, 1.54) is 25.1 Å². The Labute approximate surface area is 103 Å². The molecule has 6 nitrogen and oxygen atoms in total. The number of phenolic OH excluding ortho intramolecular Hbond substituents is 2. The van der Waals surface area contributed by atoms with E-state index in [9.17, 15) is 19.9 Å². The third kappa shape index (κ3) is 2.92. The monoisotopic (exact) mass is 246 g/mol. The van der Waals surface area contributed by atoms with Crippen molar-refractivity contribution in [2.75, 3.05) is 0 Å². The highest BCUT2D eigenvalue weighted by molar-refractivity contribution is 5.97. The van der Waals surface area contributed by atoms with Gasteiger partial charge < -0.3 is 10.2 Å². The molecule has 0 spiro atoms. The molecule has 1 rings (SSSR count). The first-order valence-electron chi connectivity index (χ1n) is 4.99. The number of nitriles is 1. The molecule has 0 aliphatic carbocycles. The second kappa shape index (κ2) is 5.59. The zero-order valence-electron chi connectivity index (χ0n) is 9.54. The van der Waals surface area contributed by atoms with Crippen LogP contribution in [0.5, 0.6) is 11.5 Å². The largest absolute Gasteiger partial charge is 0.504 e. The average molecular weight is 246 g/mol. The molecule has 0 heterocycles. The summed E-state index contributed by atoms with van der Waals surface area (Å²) in [7, 11) is 0. The number of hydrogen-bond acceptors (Lipinski definition) is 6. The number of rotatable bonds is 4. The first-order chi connectivity index (χ1) is 8.49. The standard InChI is InChI=1S/C12H10N2O4/c1-7(15)9(6-13)3-2-8-4-10(14-18)12(17)11(16)5-8/h3-5,16-17H,2H2,1H3/b9-3+. The van der Waals surface area contributed by atoms with Gasteiger partial charge in [0.05, 0.1) is 5.57 Å². The van der Waals surface area contributed by atoms with E-state index in [0.717, 1.165) is 0 Å². The molecule has 0 unspecified atom stereocenters. The molecule has 18 heavy (non-hydrogen) atoms. The molecule has 0 aliphatic rings. The lowest BCUT2D eigenvalue weighted by molar-refractivity contribution is -0.113. The summed E-state index contributed by atoms with van der Waals surface area (Å²) in [6.45, 7) is 1.27. The lowest BCUT2D eigenvalue weighted by atomic mass is 10.1. The molecule has 0 aliphatic heterocycles. The van der Waals surface area contributed by atoms with Gasteiger partial charge in [-0.25, -0.2) is 0 Å². The lowest BCUT2D eigenvalue weighted by Crippen LogP contribution is -1.94. The Balaban J connectivity index is 3.07. The van der Waals surface area contributed by atoms with Crippen LogP contribution < -0.4 is 0 Å². The van der Waals surface area contributed by atoms with Crippen LogP contribution in [-0.2, 0) is 11.2 Å². The number of carbonyl (C=O) groups is 1. The highest BCUT2D eigenvalue weighted by atomic mass is 16.3. The van der Waals surface area contributed by atoms with Gasteiger partial charge in [0.15, 0.2) is 23.0 Å². The van der Waals surface area contributed by atoms with Gasteiger partial charge in [-0.2, -0.15) is 5.26 Å². The van der Waals surface area contributed by atoms with Crippen LogP contribution >= 0.6 is 0 Å². The Bertz CT molecular complexity index is 570. The summed E-state index contributed by atoms with van der Waals surface area (Å²) in [5, 5.41) is 29.8. The van der Waals surface area contributed by atoms with Gasteiger partial charge in [0, 0.05) is 0 Å². The molecule has 1 aromatic rings. The number of ketones is 1. The molecule has 0 saturated heterocycles. The first kappa shape index (κ1) is 13.4. The van der Waals surface area contributed by atoms with Gasteiger partial charge >= 0.3 is 0 Å². The van der Waals surface area contributed by atoms with Crippen LogP contribution in [0.1, 0.15) is 12.5 Å². The number of allylic oxidation sites excluding steroid dienone is 2. The lowest BCUT2D eigenvalue weighted by Gasteiger charge is -2.03. The summed E-state index contributed by atoms with van der Waals surface area (Å²) in [5.74, 6) is -1.43. The van der Waals surface area contributed by atoms with Crippen molar-refractivity contribution in [1.82, 2.24) is 0 Å². The summed E-state index contributed by atoms with van der Waals surface area (Å²) in [4.78, 5) is 21.4. The smallest absolute Gasteiger partial charge is 0.187 e. The number of carbonyl (C=O) groups excluding carboxylic acids is 1. The minimum Gasteiger partial charge on any atom is -0.504 e. The normalized spacial score (nSPS) is 10.8. The van der Waals surface area contributed by atoms with Gasteiger partial charge in [-0.3, -0.25) is 4.79 Å². The van der Waals surface area contributed by atoms with Crippen LogP contribution in [0, 0.1) is 16.2 Å². The number of benzene rings is 1. The quantitative estimate of drug-likeness (QED) is 0.365. The molecule has 0 aromatic heterocycles. The van der Waals surface area contributed by atoms with Crippen LogP contribution in [0.2, 0.25) is 0 Å². The summed E-state index contributed by atoms with van der Waals surface area (Å²) in [5.41, 5.74) is 0.150. The third-order valence-corrected chi connectivity index (χ3v) is 2.27. The second-order valence-corrected chi connectivity index (χ2v) is 3.56. The Morgan fingerprint density at radius 2 is 2.17 bits per heavy atom. The summed E-state index contributed by atoms with van der Waals surface area (Å²) in [6, 6.07) is 4.24. The number of Topliss-reactive ketones (excluding diaryl/α,β-unsaturated/α-hetero) is 1. The predicted octanol–water partition coefficient (Wildman–Crippen LogP) is 2.08. The van der Waals surface area contributed by atoms with Crippen molar-refractivity contribution < 1.29 is 15.0 Å². The minimum atomic E-state index is -0.593. The maximum Gasteiger partial charge on any atom is 0.187 e. The van der Waals surface area contributed by atoms with E-state index in [2.05, 4.69) is 5.18 Å². The molecule has 0 amide bonds. The maximum atomic E-state index is 11.0. The number of nitrogens with zero attached hydrogens (tertiary/aromatic N) is 2. The Hall–Kier alpha value is -2.68. The fourth-order valence-corrected chi connectivity index (χ4v) is 1.34. The molecule has 0 fully saturated rings. The van der Waals surface area contributed by atoms with Crippen molar-refractivity contribution in [3.8, 4) is 17.6 Å². The molecule has 0 radical (unpaired) electrons. The van der Waals surface area contributed by atoms with Gasteiger partial charge in [-0.05, 0) is 36.2 Å². The summed E-state index contributed by atoms with van der Waals surface area (Å²) in [6.07, 6.45) is 1.54. The second-order valence-electron chi connectivity index (χ2n) is 3.56. The fraction of sp³-hybridized carbons (Fsp3) is 0.167. The highest BCUT2D eigenvalue weighted by Crippen LogP contribution is 2.36.